The minimum Gasteiger partial charge on any atom is -0.353 e. The predicted octanol–water partition coefficient (Wildman–Crippen LogP) is 3.53. The van der Waals surface area contributed by atoms with Crippen LogP contribution in [-0.2, 0) is 11.2 Å². The molecule has 0 aliphatic heterocycles. The van der Waals surface area contributed by atoms with Gasteiger partial charge in [0.25, 0.3) is 0 Å². The van der Waals surface area contributed by atoms with Gasteiger partial charge in [-0.25, -0.2) is 0 Å². The van der Waals surface area contributed by atoms with Crippen LogP contribution >= 0.6 is 15.9 Å². The van der Waals surface area contributed by atoms with Crippen LogP contribution in [0, 0.1) is 13.8 Å². The number of alkyl halides is 1. The van der Waals surface area contributed by atoms with Gasteiger partial charge in [-0.15, -0.1) is 0 Å². The van der Waals surface area contributed by atoms with Crippen molar-refractivity contribution < 1.29 is 4.79 Å². The molecule has 0 saturated carbocycles. The van der Waals surface area contributed by atoms with Crippen molar-refractivity contribution in [1.29, 1.82) is 0 Å². The minimum atomic E-state index is 0.117. The van der Waals surface area contributed by atoms with Crippen LogP contribution in [0.1, 0.15) is 36.5 Å². The number of nitrogens with one attached hydrogen (secondary N) is 1. The lowest BCUT2D eigenvalue weighted by atomic mass is 10.0. The van der Waals surface area contributed by atoms with Crippen LogP contribution in [-0.4, -0.2) is 17.3 Å². The van der Waals surface area contributed by atoms with E-state index in [0.717, 1.165) is 23.7 Å². The summed E-state index contributed by atoms with van der Waals surface area (Å²) in [6.45, 7) is 6.27. The number of hydrogen-bond acceptors (Lipinski definition) is 1. The van der Waals surface area contributed by atoms with E-state index in [9.17, 15) is 4.79 Å². The summed E-state index contributed by atoms with van der Waals surface area (Å²) in [7, 11) is 0. The number of aryl methyl sites for hydroxylation is 2. The standard InChI is InChI=1S/C15H22BrNO/c1-4-14(7-8-16)17-15(18)10-13-6-5-11(2)12(3)9-13/h5-6,9,14H,4,7-8,10H2,1-3H3,(H,17,18). The van der Waals surface area contributed by atoms with Crippen LogP contribution in [0.5, 0.6) is 0 Å². The minimum absolute atomic E-state index is 0.117. The number of rotatable bonds is 6. The molecule has 1 atom stereocenters. The quantitative estimate of drug-likeness (QED) is 0.800. The molecule has 1 aromatic rings. The lowest BCUT2D eigenvalue weighted by molar-refractivity contribution is -0.121. The molecular weight excluding hydrogens is 290 g/mol. The largest absolute Gasteiger partial charge is 0.353 e. The summed E-state index contributed by atoms with van der Waals surface area (Å²) in [4.78, 5) is 11.9. The Morgan fingerprint density at radius 3 is 2.61 bits per heavy atom. The van der Waals surface area contributed by atoms with Crippen LogP contribution in [0.15, 0.2) is 18.2 Å². The van der Waals surface area contributed by atoms with Gasteiger partial charge in [-0.1, -0.05) is 41.1 Å². The summed E-state index contributed by atoms with van der Waals surface area (Å²) in [5.41, 5.74) is 3.60. The number of carbonyl (C=O) groups is 1. The van der Waals surface area contributed by atoms with E-state index in [-0.39, 0.29) is 11.9 Å². The smallest absolute Gasteiger partial charge is 0.224 e. The highest BCUT2D eigenvalue weighted by molar-refractivity contribution is 9.09. The number of carbonyl (C=O) groups excluding carboxylic acids is 1. The summed E-state index contributed by atoms with van der Waals surface area (Å²) >= 11 is 3.41. The Kier molecular flexibility index (Phi) is 6.41. The molecule has 1 rings (SSSR count). The van der Waals surface area contributed by atoms with Crippen LogP contribution in [0.25, 0.3) is 0 Å². The van der Waals surface area contributed by atoms with Crippen molar-refractivity contribution >= 4 is 21.8 Å². The topological polar surface area (TPSA) is 29.1 Å². The van der Waals surface area contributed by atoms with Crippen LogP contribution in [0.4, 0.5) is 0 Å². The first-order valence-corrected chi connectivity index (χ1v) is 7.60. The molecule has 0 fully saturated rings. The van der Waals surface area contributed by atoms with Crippen LogP contribution in [0.3, 0.4) is 0 Å². The first kappa shape index (κ1) is 15.2. The Labute approximate surface area is 118 Å². The fourth-order valence-corrected chi connectivity index (χ4v) is 2.44. The zero-order chi connectivity index (χ0) is 13.5. The van der Waals surface area contributed by atoms with Crippen molar-refractivity contribution in [3.8, 4) is 0 Å². The van der Waals surface area contributed by atoms with Gasteiger partial charge in [-0.2, -0.15) is 0 Å². The van der Waals surface area contributed by atoms with Crippen LogP contribution in [0.2, 0.25) is 0 Å². The van der Waals surface area contributed by atoms with Crippen molar-refractivity contribution in [3.05, 3.63) is 34.9 Å². The average Bonchev–Trinajstić information content (AvgIpc) is 2.33. The maximum atomic E-state index is 11.9. The maximum Gasteiger partial charge on any atom is 0.224 e. The van der Waals surface area contributed by atoms with Gasteiger partial charge in [0.15, 0.2) is 0 Å². The zero-order valence-corrected chi connectivity index (χ0v) is 13.0. The molecule has 0 aliphatic carbocycles. The van der Waals surface area contributed by atoms with E-state index in [1.165, 1.54) is 11.1 Å². The molecule has 3 heteroatoms. The van der Waals surface area contributed by atoms with E-state index in [0.29, 0.717) is 6.42 Å². The van der Waals surface area contributed by atoms with Crippen molar-refractivity contribution in [3.63, 3.8) is 0 Å². The molecular formula is C15H22BrNO. The third-order valence-electron chi connectivity index (χ3n) is 3.25. The second kappa shape index (κ2) is 7.57. The summed E-state index contributed by atoms with van der Waals surface area (Å²) < 4.78 is 0. The summed E-state index contributed by atoms with van der Waals surface area (Å²) in [6, 6.07) is 6.49. The highest BCUT2D eigenvalue weighted by Gasteiger charge is 2.10. The molecule has 0 radical (unpaired) electrons. The van der Waals surface area contributed by atoms with E-state index in [2.05, 4.69) is 54.2 Å². The Morgan fingerprint density at radius 1 is 1.33 bits per heavy atom. The van der Waals surface area contributed by atoms with Gasteiger partial charge in [0, 0.05) is 11.4 Å². The predicted molar refractivity (Wildman–Crippen MR) is 80.3 cm³/mol. The molecule has 1 amide bonds. The molecule has 0 bridgehead atoms. The Hall–Kier alpha value is -0.830. The Balaban J connectivity index is 2.55. The first-order chi connectivity index (χ1) is 8.56. The molecule has 0 spiro atoms. The normalized spacial score (nSPS) is 12.2. The van der Waals surface area contributed by atoms with Gasteiger partial charge in [-0.05, 0) is 43.4 Å². The molecule has 1 aromatic carbocycles. The second-order valence-electron chi connectivity index (χ2n) is 4.75. The fraction of sp³-hybridized carbons (Fsp3) is 0.533. The molecule has 0 aliphatic rings. The van der Waals surface area contributed by atoms with Gasteiger partial charge in [0.2, 0.25) is 5.91 Å². The van der Waals surface area contributed by atoms with Gasteiger partial charge in [-0.3, -0.25) is 4.79 Å². The molecule has 100 valence electrons. The van der Waals surface area contributed by atoms with E-state index < -0.39 is 0 Å². The van der Waals surface area contributed by atoms with E-state index in [4.69, 9.17) is 0 Å². The highest BCUT2D eigenvalue weighted by Crippen LogP contribution is 2.10. The number of halogens is 1. The maximum absolute atomic E-state index is 11.9. The molecule has 18 heavy (non-hydrogen) atoms. The Morgan fingerprint density at radius 2 is 2.06 bits per heavy atom. The van der Waals surface area contributed by atoms with E-state index in [1.54, 1.807) is 0 Å². The number of amides is 1. The Bertz CT molecular complexity index is 403. The molecule has 2 nitrogen and oxygen atoms in total. The van der Waals surface area contributed by atoms with E-state index >= 15 is 0 Å². The average molecular weight is 312 g/mol. The summed E-state index contributed by atoms with van der Waals surface area (Å²) in [6.07, 6.45) is 2.43. The molecule has 0 aromatic heterocycles. The lowest BCUT2D eigenvalue weighted by Crippen LogP contribution is -2.35. The lowest BCUT2D eigenvalue weighted by Gasteiger charge is -2.15. The summed E-state index contributed by atoms with van der Waals surface area (Å²) in [5.74, 6) is 0.117. The third kappa shape index (κ3) is 4.81. The third-order valence-corrected chi connectivity index (χ3v) is 3.71. The van der Waals surface area contributed by atoms with Crippen molar-refractivity contribution in [2.24, 2.45) is 0 Å². The monoisotopic (exact) mass is 311 g/mol. The van der Waals surface area contributed by atoms with Gasteiger partial charge >= 0.3 is 0 Å². The molecule has 0 saturated heterocycles. The zero-order valence-electron chi connectivity index (χ0n) is 11.4. The summed E-state index contributed by atoms with van der Waals surface area (Å²) in [5, 5.41) is 4.01. The van der Waals surface area contributed by atoms with Crippen molar-refractivity contribution in [2.45, 2.75) is 46.1 Å². The molecule has 0 heterocycles. The molecule has 1 unspecified atom stereocenters. The number of hydrogen-bond donors (Lipinski definition) is 1. The molecule has 1 N–H and O–H groups in total. The van der Waals surface area contributed by atoms with Crippen LogP contribution < -0.4 is 5.32 Å². The highest BCUT2D eigenvalue weighted by atomic mass is 79.9. The van der Waals surface area contributed by atoms with Crippen molar-refractivity contribution in [2.75, 3.05) is 5.33 Å². The first-order valence-electron chi connectivity index (χ1n) is 6.48. The fourth-order valence-electron chi connectivity index (χ4n) is 1.89. The second-order valence-corrected chi connectivity index (χ2v) is 5.54. The van der Waals surface area contributed by atoms with Gasteiger partial charge < -0.3 is 5.32 Å². The van der Waals surface area contributed by atoms with Gasteiger partial charge in [0.1, 0.15) is 0 Å². The van der Waals surface area contributed by atoms with E-state index in [1.807, 2.05) is 6.07 Å². The SMILES string of the molecule is CCC(CCBr)NC(=O)Cc1ccc(C)c(C)c1. The van der Waals surface area contributed by atoms with Crippen molar-refractivity contribution in [1.82, 2.24) is 5.32 Å². The van der Waals surface area contributed by atoms with Gasteiger partial charge in [0.05, 0.1) is 6.42 Å². The number of benzene rings is 1.